The van der Waals surface area contributed by atoms with Crippen LogP contribution in [0.2, 0.25) is 0 Å². The Balaban J connectivity index is 3.77. The minimum Gasteiger partial charge on any atom is -0.395 e. The van der Waals surface area contributed by atoms with E-state index in [2.05, 4.69) is 4.74 Å². The van der Waals surface area contributed by atoms with E-state index in [1.54, 1.807) is 0 Å². The van der Waals surface area contributed by atoms with Gasteiger partial charge in [0.1, 0.15) is 0 Å². The summed E-state index contributed by atoms with van der Waals surface area (Å²) in [6.45, 7) is -2.86. The summed E-state index contributed by atoms with van der Waals surface area (Å²) < 4.78 is 56.8. The van der Waals surface area contributed by atoms with Crippen LogP contribution in [0, 0.1) is 6.61 Å². The van der Waals surface area contributed by atoms with Gasteiger partial charge in [0.25, 0.3) is 0 Å². The van der Waals surface area contributed by atoms with E-state index in [0.29, 0.717) is 0 Å². The molecular formula is C3F5O. The number of halogens is 5. The van der Waals surface area contributed by atoms with Crippen molar-refractivity contribution in [2.24, 2.45) is 0 Å². The molecule has 0 aliphatic heterocycles. The lowest BCUT2D eigenvalue weighted by Crippen LogP contribution is -1.87. The second kappa shape index (κ2) is 3.26. The third kappa shape index (κ3) is 3.75. The van der Waals surface area contributed by atoms with Gasteiger partial charge in [0.2, 0.25) is 0 Å². The highest BCUT2D eigenvalue weighted by molar-refractivity contribution is 4.81. The Morgan fingerprint density at radius 2 is 1.33 bits per heavy atom. The van der Waals surface area contributed by atoms with Crippen molar-refractivity contribution in [3.63, 3.8) is 0 Å². The second-order valence-corrected chi connectivity index (χ2v) is 0.862. The highest BCUT2D eigenvalue weighted by atomic mass is 19.3. The van der Waals surface area contributed by atoms with Crippen molar-refractivity contribution in [1.29, 1.82) is 0 Å². The summed E-state index contributed by atoms with van der Waals surface area (Å²) in [6.07, 6.45) is -2.91. The maximum atomic E-state index is 11.2. The molecule has 0 bridgehead atoms. The molecule has 1 nitrogen and oxygen atoms in total. The minimum atomic E-state index is -2.91. The van der Waals surface area contributed by atoms with Gasteiger partial charge in [-0.1, -0.05) is 0 Å². The summed E-state index contributed by atoms with van der Waals surface area (Å²) in [6, 6.07) is -2.57. The highest BCUT2D eigenvalue weighted by Crippen LogP contribution is 2.17. The predicted molar refractivity (Wildman–Crippen MR) is 16.9 cm³/mol. The zero-order valence-electron chi connectivity index (χ0n) is 3.80. The molecule has 6 heteroatoms. The fourth-order valence-electron chi connectivity index (χ4n) is 0.106. The van der Waals surface area contributed by atoms with Crippen molar-refractivity contribution in [3.8, 4) is 0 Å². The summed E-state index contributed by atoms with van der Waals surface area (Å²) >= 11 is 0. The smallest absolute Gasteiger partial charge is 0.395 e. The van der Waals surface area contributed by atoms with E-state index in [0.717, 1.165) is 0 Å². The first-order valence-electron chi connectivity index (χ1n) is 1.60. The molecule has 0 aromatic heterocycles. The predicted octanol–water partition coefficient (Wildman–Crippen LogP) is 2.42. The third-order valence-electron chi connectivity index (χ3n) is 0.315. The summed E-state index contributed by atoms with van der Waals surface area (Å²) in [5, 5.41) is 0. The summed E-state index contributed by atoms with van der Waals surface area (Å²) in [4.78, 5) is 0. The Morgan fingerprint density at radius 3 is 1.44 bits per heavy atom. The maximum Gasteiger partial charge on any atom is 0.509 e. The molecule has 0 aromatic carbocycles. The normalized spacial score (nSPS) is 9.56. The third-order valence-corrected chi connectivity index (χ3v) is 0.315. The Kier molecular flexibility index (Phi) is 2.97. The van der Waals surface area contributed by atoms with E-state index in [9.17, 15) is 22.0 Å². The number of ether oxygens (including phenoxy) is 1. The fourth-order valence-corrected chi connectivity index (χ4v) is 0.106. The van der Waals surface area contributed by atoms with E-state index >= 15 is 0 Å². The summed E-state index contributed by atoms with van der Waals surface area (Å²) in [5.74, 6) is 0. The van der Waals surface area contributed by atoms with Crippen LogP contribution < -0.4 is 0 Å². The molecule has 1 radical (unpaired) electrons. The molecule has 9 heavy (non-hydrogen) atoms. The average Bonchev–Trinajstić information content (AvgIpc) is 1.63. The van der Waals surface area contributed by atoms with Gasteiger partial charge < -0.3 is 4.74 Å². The van der Waals surface area contributed by atoms with Crippen molar-refractivity contribution in [2.75, 3.05) is 0 Å². The lowest BCUT2D eigenvalue weighted by Gasteiger charge is -1.93. The molecule has 0 N–H and O–H groups in total. The van der Waals surface area contributed by atoms with Gasteiger partial charge in [0.05, 0.1) is 0 Å². The molecule has 0 rings (SSSR count). The van der Waals surface area contributed by atoms with Crippen LogP contribution >= 0.6 is 0 Å². The Hall–Kier alpha value is -0.810. The van der Waals surface area contributed by atoms with Crippen molar-refractivity contribution < 1.29 is 26.7 Å². The summed E-state index contributed by atoms with van der Waals surface area (Å²) in [5.41, 5.74) is 0. The molecule has 0 fully saturated rings. The summed E-state index contributed by atoms with van der Waals surface area (Å²) in [7, 11) is 0. The van der Waals surface area contributed by atoms with E-state index < -0.39 is 18.7 Å². The largest absolute Gasteiger partial charge is 0.509 e. The standard InChI is InChI=1S/C3F5O/c4-1(5)2(6)9-3(7)8. The van der Waals surface area contributed by atoms with Gasteiger partial charge >= 0.3 is 18.7 Å². The van der Waals surface area contributed by atoms with E-state index in [1.807, 2.05) is 0 Å². The van der Waals surface area contributed by atoms with Gasteiger partial charge in [-0.05, 0) is 0 Å². The molecular weight excluding hydrogens is 147 g/mol. The van der Waals surface area contributed by atoms with Crippen LogP contribution in [0.4, 0.5) is 22.0 Å². The average molecular weight is 147 g/mol. The van der Waals surface area contributed by atoms with E-state index in [4.69, 9.17) is 0 Å². The molecule has 53 valence electrons. The molecule has 0 aromatic rings. The quantitative estimate of drug-likeness (QED) is 0.430. The van der Waals surface area contributed by atoms with Gasteiger partial charge in [-0.15, -0.1) is 0 Å². The van der Waals surface area contributed by atoms with Gasteiger partial charge in [-0.3, -0.25) is 0 Å². The topological polar surface area (TPSA) is 9.23 Å². The van der Waals surface area contributed by atoms with E-state index in [-0.39, 0.29) is 0 Å². The van der Waals surface area contributed by atoms with Crippen LogP contribution in [0.25, 0.3) is 0 Å². The molecule has 0 unspecified atom stereocenters. The Morgan fingerprint density at radius 1 is 0.889 bits per heavy atom. The van der Waals surface area contributed by atoms with Crippen LogP contribution in [-0.2, 0) is 4.74 Å². The SMILES string of the molecule is F[C](F)OC(F)=C(F)F. The van der Waals surface area contributed by atoms with Crippen LogP contribution in [0.5, 0.6) is 0 Å². The molecule has 0 aliphatic carbocycles. The minimum absolute atomic E-state index is 2.56. The van der Waals surface area contributed by atoms with Crippen molar-refractivity contribution >= 4 is 0 Å². The van der Waals surface area contributed by atoms with Crippen molar-refractivity contribution in [3.05, 3.63) is 18.7 Å². The number of hydrogen-bond acceptors (Lipinski definition) is 1. The molecule has 0 atom stereocenters. The van der Waals surface area contributed by atoms with Crippen LogP contribution in [0.3, 0.4) is 0 Å². The molecule has 0 saturated carbocycles. The Bertz CT molecular complexity index is 115. The van der Waals surface area contributed by atoms with Gasteiger partial charge in [-0.25, -0.2) is 0 Å². The lowest BCUT2D eigenvalue weighted by atomic mass is 11.0. The van der Waals surface area contributed by atoms with Crippen LogP contribution in [0.1, 0.15) is 0 Å². The van der Waals surface area contributed by atoms with Crippen molar-refractivity contribution in [2.45, 2.75) is 0 Å². The van der Waals surface area contributed by atoms with Crippen molar-refractivity contribution in [1.82, 2.24) is 0 Å². The number of rotatable bonds is 2. The van der Waals surface area contributed by atoms with Gasteiger partial charge in [-0.2, -0.15) is 22.0 Å². The molecule has 0 amide bonds. The first-order valence-corrected chi connectivity index (χ1v) is 1.60. The molecule has 0 spiro atoms. The van der Waals surface area contributed by atoms with Crippen LogP contribution in [0.15, 0.2) is 12.1 Å². The fraction of sp³-hybridized carbons (Fsp3) is 0. The second-order valence-electron chi connectivity index (χ2n) is 0.862. The monoisotopic (exact) mass is 147 g/mol. The molecule has 0 saturated heterocycles. The zero-order chi connectivity index (χ0) is 7.44. The highest BCUT2D eigenvalue weighted by Gasteiger charge is 2.14. The first-order chi connectivity index (χ1) is 4.04. The Labute approximate surface area is 46.7 Å². The van der Waals surface area contributed by atoms with Gasteiger partial charge in [0.15, 0.2) is 0 Å². The maximum absolute atomic E-state index is 11.2. The van der Waals surface area contributed by atoms with Gasteiger partial charge in [0, 0.05) is 0 Å². The first kappa shape index (κ1) is 8.19. The lowest BCUT2D eigenvalue weighted by molar-refractivity contribution is -0.0145. The molecule has 0 heterocycles. The number of hydrogen-bond donors (Lipinski definition) is 0. The molecule has 0 aliphatic rings. The zero-order valence-corrected chi connectivity index (χ0v) is 3.80. The van der Waals surface area contributed by atoms with E-state index in [1.165, 1.54) is 0 Å². The van der Waals surface area contributed by atoms with Crippen LogP contribution in [-0.4, -0.2) is 0 Å².